The number of carbonyl (C=O) groups excluding carboxylic acids is 3. The van der Waals surface area contributed by atoms with Gasteiger partial charge in [0.2, 0.25) is 5.78 Å². The molecule has 0 aliphatic carbocycles. The molecule has 1 heterocycles. The van der Waals surface area contributed by atoms with Crippen LogP contribution >= 0.6 is 37.0 Å². The minimum atomic E-state index is -0.628. The van der Waals surface area contributed by atoms with Crippen LogP contribution in [0, 0.1) is 0 Å². The second kappa shape index (κ2) is 18.0. The van der Waals surface area contributed by atoms with Crippen LogP contribution < -0.4 is 0 Å². The Morgan fingerprint density at radius 1 is 0.953 bits per heavy atom. The highest BCUT2D eigenvalue weighted by molar-refractivity contribution is 7.99. The zero-order valence-corrected chi connectivity index (χ0v) is 28.1. The number of rotatable bonds is 17. The largest absolute Gasteiger partial charge is 0.379 e. The first kappa shape index (κ1) is 35.4. The normalized spacial score (nSPS) is 14.5. The summed E-state index contributed by atoms with van der Waals surface area (Å²) in [6.45, 7) is 8.79. The van der Waals surface area contributed by atoms with Crippen LogP contribution in [0.4, 0.5) is 0 Å². The van der Waals surface area contributed by atoms with Gasteiger partial charge in [0.25, 0.3) is 0 Å². The maximum Gasteiger partial charge on any atom is 0.335 e. The number of ketones is 2. The van der Waals surface area contributed by atoms with Gasteiger partial charge in [-0.15, -0.1) is 0 Å². The van der Waals surface area contributed by atoms with Gasteiger partial charge in [0.15, 0.2) is 5.78 Å². The molecular weight excluding hydrogens is 601 g/mol. The monoisotopic (exact) mass is 644 g/mol. The molecule has 0 unspecified atom stereocenters. The molecular formula is C33H44N2O5S3. The number of carbonyl (C=O) groups is 3. The van der Waals surface area contributed by atoms with Crippen LogP contribution in [-0.2, 0) is 20.1 Å². The Morgan fingerprint density at radius 2 is 1.65 bits per heavy atom. The van der Waals surface area contributed by atoms with Crippen molar-refractivity contribution in [3.8, 4) is 0 Å². The van der Waals surface area contributed by atoms with Gasteiger partial charge in [0.1, 0.15) is 5.71 Å². The van der Waals surface area contributed by atoms with Crippen LogP contribution in [0.1, 0.15) is 92.0 Å². The fraction of sp³-hybridized carbons (Fsp3) is 0.515. The molecule has 0 atom stereocenters. The van der Waals surface area contributed by atoms with E-state index in [4.69, 9.17) is 9.57 Å². The lowest BCUT2D eigenvalue weighted by Crippen LogP contribution is -2.54. The Bertz CT molecular complexity index is 1260. The number of hydrogen-bond acceptors (Lipinski definition) is 10. The molecule has 0 spiro atoms. The molecule has 0 amide bonds. The summed E-state index contributed by atoms with van der Waals surface area (Å²) in [5, 5.41) is 3.95. The van der Waals surface area contributed by atoms with E-state index in [0.717, 1.165) is 54.1 Å². The van der Waals surface area contributed by atoms with E-state index in [-0.39, 0.29) is 17.3 Å². The summed E-state index contributed by atoms with van der Waals surface area (Å²) in [7, 11) is 0. The molecule has 2 aromatic rings. The smallest absolute Gasteiger partial charge is 0.335 e. The van der Waals surface area contributed by atoms with Crippen LogP contribution in [0.15, 0.2) is 57.4 Å². The number of Topliss-reactive ketones (excluding diaryl/α,β-unsaturated/α-hetero) is 2. The zero-order chi connectivity index (χ0) is 31.2. The van der Waals surface area contributed by atoms with Crippen LogP contribution in [0.3, 0.4) is 0 Å². The highest BCUT2D eigenvalue weighted by atomic mass is 32.2. The Kier molecular flexibility index (Phi) is 14.8. The summed E-state index contributed by atoms with van der Waals surface area (Å²) in [5.74, 6) is 0.472. The van der Waals surface area contributed by atoms with Crippen molar-refractivity contribution in [1.29, 1.82) is 0 Å². The van der Waals surface area contributed by atoms with Crippen LogP contribution in [0.5, 0.6) is 0 Å². The van der Waals surface area contributed by atoms with E-state index in [2.05, 4.69) is 42.2 Å². The molecule has 7 nitrogen and oxygen atoms in total. The Balaban J connectivity index is 1.68. The van der Waals surface area contributed by atoms with Gasteiger partial charge in [-0.3, -0.25) is 14.5 Å². The Labute approximate surface area is 271 Å². The van der Waals surface area contributed by atoms with Crippen LogP contribution in [0.2, 0.25) is 0 Å². The predicted molar refractivity (Wildman–Crippen MR) is 180 cm³/mol. The van der Waals surface area contributed by atoms with E-state index in [1.807, 2.05) is 44.2 Å². The Hall–Kier alpha value is -2.11. The molecule has 234 valence electrons. The van der Waals surface area contributed by atoms with Crippen molar-refractivity contribution in [1.82, 2.24) is 4.90 Å². The maximum absolute atomic E-state index is 13.5. The average molecular weight is 645 g/mol. The summed E-state index contributed by atoms with van der Waals surface area (Å²) in [5.41, 5.74) is 1.70. The number of nitrogens with zero attached hydrogens (tertiary/aromatic N) is 2. The summed E-state index contributed by atoms with van der Waals surface area (Å²) >= 11 is 10.3. The molecule has 43 heavy (non-hydrogen) atoms. The number of ether oxygens (including phenoxy) is 1. The minimum absolute atomic E-state index is 0.0782. The zero-order valence-electron chi connectivity index (χ0n) is 25.5. The Morgan fingerprint density at radius 3 is 2.30 bits per heavy atom. The first-order chi connectivity index (χ1) is 20.7. The van der Waals surface area contributed by atoms with E-state index >= 15 is 0 Å². The van der Waals surface area contributed by atoms with Crippen molar-refractivity contribution in [3.63, 3.8) is 0 Å². The van der Waals surface area contributed by atoms with E-state index in [0.29, 0.717) is 55.1 Å². The highest BCUT2D eigenvalue weighted by Crippen LogP contribution is 2.33. The van der Waals surface area contributed by atoms with Crippen molar-refractivity contribution < 1.29 is 24.0 Å². The third-order valence-corrected chi connectivity index (χ3v) is 9.30. The highest BCUT2D eigenvalue weighted by Gasteiger charge is 2.36. The van der Waals surface area contributed by atoms with E-state index in [9.17, 15) is 14.4 Å². The van der Waals surface area contributed by atoms with Gasteiger partial charge >= 0.3 is 5.97 Å². The van der Waals surface area contributed by atoms with Gasteiger partial charge in [-0.1, -0.05) is 49.2 Å². The summed E-state index contributed by atoms with van der Waals surface area (Å²) in [4.78, 5) is 48.0. The fourth-order valence-corrected chi connectivity index (χ4v) is 6.28. The number of morpholine rings is 1. The lowest BCUT2D eigenvalue weighted by molar-refractivity contribution is -0.143. The molecule has 1 fully saturated rings. The molecule has 3 rings (SSSR count). The minimum Gasteiger partial charge on any atom is -0.379 e. The standard InChI is InChI=1S/C33H44N2O5S3/c1-4-5-6-7-10-30(36)40-34-28(9-8-21-41)31(37)24-11-14-27(15-12-24)43-29-16-13-25(22-26(29)23-42)32(38)33(2,3)35-17-19-39-20-18-35/h11-16,22,41-42H,4-10,17-21,23H2,1-3H3/b34-28+. The van der Waals surface area contributed by atoms with Crippen molar-refractivity contribution in [2.24, 2.45) is 5.16 Å². The van der Waals surface area contributed by atoms with Crippen molar-refractivity contribution in [2.45, 2.75) is 86.8 Å². The first-order valence-corrected chi connectivity index (χ1v) is 17.1. The SMILES string of the molecule is CCCCCCC(=O)O/N=C(\CCCS)C(=O)c1ccc(Sc2ccc(C(=O)C(C)(C)N3CCOCC3)cc2CS)cc1. The predicted octanol–water partition coefficient (Wildman–Crippen LogP) is 7.32. The topological polar surface area (TPSA) is 85.3 Å². The van der Waals surface area contributed by atoms with Crippen molar-refractivity contribution >= 4 is 60.3 Å². The maximum atomic E-state index is 13.5. The number of oxime groups is 1. The molecule has 10 heteroatoms. The fourth-order valence-electron chi connectivity index (χ4n) is 4.83. The summed E-state index contributed by atoms with van der Waals surface area (Å²) in [6.07, 6.45) is 5.19. The van der Waals surface area contributed by atoms with Crippen molar-refractivity contribution in [3.05, 3.63) is 59.2 Å². The van der Waals surface area contributed by atoms with Gasteiger partial charge in [-0.25, -0.2) is 4.79 Å². The molecule has 0 N–H and O–H groups in total. The molecule has 1 aliphatic rings. The number of hydrogen-bond donors (Lipinski definition) is 2. The number of thiol groups is 2. The molecule has 0 radical (unpaired) electrons. The number of unbranched alkanes of at least 4 members (excludes halogenated alkanes) is 3. The van der Waals surface area contributed by atoms with Gasteiger partial charge in [0.05, 0.1) is 18.8 Å². The third-order valence-electron chi connectivity index (χ3n) is 7.52. The van der Waals surface area contributed by atoms with Gasteiger partial charge in [-0.2, -0.15) is 25.3 Å². The van der Waals surface area contributed by atoms with Crippen LogP contribution in [0.25, 0.3) is 0 Å². The lowest BCUT2D eigenvalue weighted by atomic mass is 9.90. The quantitative estimate of drug-likeness (QED) is 0.0466. The van der Waals surface area contributed by atoms with Gasteiger partial charge in [-0.05, 0) is 80.8 Å². The van der Waals surface area contributed by atoms with Gasteiger partial charge < -0.3 is 9.57 Å². The van der Waals surface area contributed by atoms with Crippen LogP contribution in [-0.4, -0.2) is 65.7 Å². The number of benzene rings is 2. The molecule has 0 saturated carbocycles. The summed E-state index contributed by atoms with van der Waals surface area (Å²) in [6, 6.07) is 13.1. The molecule has 2 aromatic carbocycles. The average Bonchev–Trinajstić information content (AvgIpc) is 3.03. The summed E-state index contributed by atoms with van der Waals surface area (Å²) < 4.78 is 5.46. The third kappa shape index (κ3) is 10.5. The molecule has 0 aromatic heterocycles. The lowest BCUT2D eigenvalue weighted by Gasteiger charge is -2.39. The van der Waals surface area contributed by atoms with Gasteiger partial charge in [0, 0.05) is 46.2 Å². The molecule has 1 aliphatic heterocycles. The van der Waals surface area contributed by atoms with E-state index in [1.54, 1.807) is 23.9 Å². The first-order valence-electron chi connectivity index (χ1n) is 15.0. The molecule has 1 saturated heterocycles. The van der Waals surface area contributed by atoms with E-state index in [1.165, 1.54) is 0 Å². The van der Waals surface area contributed by atoms with Crippen molar-refractivity contribution in [2.75, 3.05) is 32.1 Å². The second-order valence-corrected chi connectivity index (χ2v) is 12.9. The van der Waals surface area contributed by atoms with E-state index < -0.39 is 11.5 Å². The second-order valence-electron chi connectivity index (χ2n) is 11.1. The molecule has 0 bridgehead atoms.